The first-order valence-electron chi connectivity index (χ1n) is 9.31. The van der Waals surface area contributed by atoms with E-state index in [9.17, 15) is 9.90 Å². The highest BCUT2D eigenvalue weighted by atomic mass is 32.2. The number of carbonyl (C=O) groups excluding carboxylic acids is 1. The number of likely N-dealkylation sites (N-methyl/N-ethyl adjacent to an activating group) is 1. The number of amides is 1. The second kappa shape index (κ2) is 6.45. The highest BCUT2D eigenvalue weighted by molar-refractivity contribution is 8.21. The highest BCUT2D eigenvalue weighted by Crippen LogP contribution is 2.64. The molecule has 0 aromatic heterocycles. The summed E-state index contributed by atoms with van der Waals surface area (Å²) >= 11 is 4.40. The van der Waals surface area contributed by atoms with Crippen molar-refractivity contribution in [3.63, 3.8) is 0 Å². The average molecular weight is 356 g/mol. The lowest BCUT2D eigenvalue weighted by molar-refractivity contribution is -0.138. The van der Waals surface area contributed by atoms with Gasteiger partial charge in [0, 0.05) is 31.0 Å². The lowest BCUT2D eigenvalue weighted by atomic mass is 9.66. The van der Waals surface area contributed by atoms with Crippen LogP contribution >= 0.6 is 23.5 Å². The number of hydrogen-bond acceptors (Lipinski definition) is 4. The summed E-state index contributed by atoms with van der Waals surface area (Å²) in [5.41, 5.74) is 0. The van der Waals surface area contributed by atoms with E-state index in [-0.39, 0.29) is 12.0 Å². The van der Waals surface area contributed by atoms with Gasteiger partial charge in [0.1, 0.15) is 0 Å². The van der Waals surface area contributed by atoms with Gasteiger partial charge in [-0.1, -0.05) is 6.42 Å². The van der Waals surface area contributed by atoms with Crippen LogP contribution in [0.25, 0.3) is 0 Å². The molecular weight excluding hydrogens is 326 g/mol. The number of nitrogens with zero attached hydrogens (tertiary/aromatic N) is 1. The molecule has 5 heteroatoms. The maximum absolute atomic E-state index is 12.9. The van der Waals surface area contributed by atoms with Crippen molar-refractivity contribution >= 4 is 29.4 Å². The molecule has 3 aliphatic carbocycles. The molecule has 3 atom stereocenters. The van der Waals surface area contributed by atoms with E-state index < -0.39 is 0 Å². The quantitative estimate of drug-likeness (QED) is 0.841. The van der Waals surface area contributed by atoms with Crippen LogP contribution in [-0.2, 0) is 4.79 Å². The zero-order valence-corrected chi connectivity index (χ0v) is 15.7. The fourth-order valence-corrected chi connectivity index (χ4v) is 9.06. The third-order valence-electron chi connectivity index (χ3n) is 6.47. The second-order valence-corrected chi connectivity index (χ2v) is 11.0. The molecule has 3 nitrogen and oxygen atoms in total. The summed E-state index contributed by atoms with van der Waals surface area (Å²) in [7, 11) is 1.90. The first-order valence-corrected chi connectivity index (χ1v) is 11.3. The lowest BCUT2D eigenvalue weighted by Crippen LogP contribution is -2.50. The molecule has 0 aromatic carbocycles. The van der Waals surface area contributed by atoms with Gasteiger partial charge in [-0.3, -0.25) is 4.79 Å². The van der Waals surface area contributed by atoms with Crippen LogP contribution in [0.5, 0.6) is 0 Å². The van der Waals surface area contributed by atoms with Crippen molar-refractivity contribution in [3.8, 4) is 0 Å². The van der Waals surface area contributed by atoms with Crippen LogP contribution < -0.4 is 0 Å². The summed E-state index contributed by atoms with van der Waals surface area (Å²) in [5, 5.41) is 10.1. The van der Waals surface area contributed by atoms with Crippen molar-refractivity contribution in [1.82, 2.24) is 4.90 Å². The Balaban J connectivity index is 1.41. The molecule has 4 rings (SSSR count). The molecule has 2 bridgehead atoms. The minimum Gasteiger partial charge on any atom is -0.391 e. The summed E-state index contributed by atoms with van der Waals surface area (Å²) in [6.45, 7) is 0.532. The lowest BCUT2D eigenvalue weighted by Gasteiger charge is -2.52. The zero-order chi connectivity index (χ0) is 16.0. The van der Waals surface area contributed by atoms with E-state index in [0.717, 1.165) is 37.5 Å². The van der Waals surface area contributed by atoms with Crippen molar-refractivity contribution in [3.05, 3.63) is 0 Å². The summed E-state index contributed by atoms with van der Waals surface area (Å²) in [4.78, 5) is 14.7. The Hall–Kier alpha value is 0.130. The van der Waals surface area contributed by atoms with Gasteiger partial charge in [-0.2, -0.15) is 0 Å². The first-order chi connectivity index (χ1) is 11.1. The standard InChI is InChI=1S/C18H29NO2S2/c1-19(11-16(20)12-5-6-12)17(21)13-9-14-3-2-4-15(10-13)18(14)22-7-8-23-18/h12-16,20H,2-11H2,1H3. The number of carbonyl (C=O) groups is 1. The molecule has 1 spiro atoms. The maximum atomic E-state index is 12.9. The third-order valence-corrected chi connectivity index (χ3v) is 10.5. The molecule has 3 unspecified atom stereocenters. The third kappa shape index (κ3) is 3.06. The van der Waals surface area contributed by atoms with E-state index in [1.807, 2.05) is 11.9 Å². The maximum Gasteiger partial charge on any atom is 0.225 e. The topological polar surface area (TPSA) is 40.5 Å². The first kappa shape index (κ1) is 16.6. The van der Waals surface area contributed by atoms with Gasteiger partial charge in [0.15, 0.2) is 0 Å². The molecular formula is C18H29NO2S2. The van der Waals surface area contributed by atoms with Gasteiger partial charge in [0.25, 0.3) is 0 Å². The fraction of sp³-hybridized carbons (Fsp3) is 0.944. The van der Waals surface area contributed by atoms with E-state index >= 15 is 0 Å². The van der Waals surface area contributed by atoms with Gasteiger partial charge >= 0.3 is 0 Å². The minimum atomic E-state index is -0.306. The number of thioether (sulfide) groups is 2. The van der Waals surface area contributed by atoms with Gasteiger partial charge in [-0.15, -0.1) is 23.5 Å². The van der Waals surface area contributed by atoms with E-state index in [2.05, 4.69) is 23.5 Å². The van der Waals surface area contributed by atoms with Crippen molar-refractivity contribution in [2.24, 2.45) is 23.7 Å². The predicted molar refractivity (Wildman–Crippen MR) is 97.6 cm³/mol. The number of rotatable bonds is 4. The summed E-state index contributed by atoms with van der Waals surface area (Å²) < 4.78 is 0.446. The second-order valence-electron chi connectivity index (χ2n) is 8.03. The van der Waals surface area contributed by atoms with Crippen LogP contribution in [-0.4, -0.2) is 51.2 Å². The van der Waals surface area contributed by atoms with Gasteiger partial charge in [-0.25, -0.2) is 0 Å². The summed E-state index contributed by atoms with van der Waals surface area (Å²) in [6.07, 6.45) is 8.11. The molecule has 4 fully saturated rings. The largest absolute Gasteiger partial charge is 0.391 e. The average Bonchev–Trinajstić information content (AvgIpc) is 3.27. The van der Waals surface area contributed by atoms with Crippen LogP contribution in [0.1, 0.15) is 44.9 Å². The van der Waals surface area contributed by atoms with Crippen LogP contribution in [0.3, 0.4) is 0 Å². The van der Waals surface area contributed by atoms with Gasteiger partial charge < -0.3 is 10.0 Å². The summed E-state index contributed by atoms with van der Waals surface area (Å²) in [5.74, 6) is 4.99. The number of hydrogen-bond donors (Lipinski definition) is 1. The van der Waals surface area contributed by atoms with Crippen LogP contribution in [0.15, 0.2) is 0 Å². The van der Waals surface area contributed by atoms with Crippen molar-refractivity contribution in [2.45, 2.75) is 55.1 Å². The monoisotopic (exact) mass is 355 g/mol. The normalized spacial score (nSPS) is 36.9. The number of aliphatic hydroxyl groups excluding tert-OH is 1. The molecule has 1 amide bonds. The number of aliphatic hydroxyl groups is 1. The Morgan fingerprint density at radius 2 is 1.78 bits per heavy atom. The van der Waals surface area contributed by atoms with E-state index in [0.29, 0.717) is 22.4 Å². The van der Waals surface area contributed by atoms with Crippen molar-refractivity contribution in [1.29, 1.82) is 0 Å². The van der Waals surface area contributed by atoms with Crippen LogP contribution in [0.4, 0.5) is 0 Å². The Bertz CT molecular complexity index is 446. The predicted octanol–water partition coefficient (Wildman–Crippen LogP) is 3.22. The van der Waals surface area contributed by atoms with E-state index in [4.69, 9.17) is 0 Å². The van der Waals surface area contributed by atoms with Gasteiger partial charge in [0.2, 0.25) is 5.91 Å². The Morgan fingerprint density at radius 1 is 1.17 bits per heavy atom. The molecule has 1 heterocycles. The molecule has 0 radical (unpaired) electrons. The SMILES string of the molecule is CN(CC(O)C1CC1)C(=O)C1CC2CCCC(C1)C21SCCS1. The van der Waals surface area contributed by atoms with E-state index in [1.165, 1.54) is 30.8 Å². The minimum absolute atomic E-state index is 0.203. The molecule has 23 heavy (non-hydrogen) atoms. The molecule has 1 saturated heterocycles. The van der Waals surface area contributed by atoms with Gasteiger partial charge in [0.05, 0.1) is 10.2 Å². The molecule has 1 aliphatic heterocycles. The van der Waals surface area contributed by atoms with Crippen LogP contribution in [0, 0.1) is 23.7 Å². The van der Waals surface area contributed by atoms with Crippen molar-refractivity contribution < 1.29 is 9.90 Å². The Kier molecular flexibility index (Phi) is 4.65. The molecule has 0 aromatic rings. The Morgan fingerprint density at radius 3 is 2.35 bits per heavy atom. The molecule has 130 valence electrons. The summed E-state index contributed by atoms with van der Waals surface area (Å²) in [6, 6.07) is 0. The molecule has 4 aliphatic rings. The smallest absolute Gasteiger partial charge is 0.225 e. The van der Waals surface area contributed by atoms with Crippen molar-refractivity contribution in [2.75, 3.05) is 25.1 Å². The molecule has 1 N–H and O–H groups in total. The zero-order valence-electron chi connectivity index (χ0n) is 14.1. The van der Waals surface area contributed by atoms with Crippen LogP contribution in [0.2, 0.25) is 0 Å². The highest BCUT2D eigenvalue weighted by Gasteiger charge is 2.55. The molecule has 3 saturated carbocycles. The van der Waals surface area contributed by atoms with E-state index in [1.54, 1.807) is 0 Å². The fourth-order valence-electron chi connectivity index (χ4n) is 5.12. The van der Waals surface area contributed by atoms with Gasteiger partial charge in [-0.05, 0) is 56.3 Å². The Labute approximate surface area is 148 Å².